The molecule has 190 valence electrons. The molecule has 0 spiro atoms. The zero-order valence-electron chi connectivity index (χ0n) is 19.1. The highest BCUT2D eigenvalue weighted by atomic mass is 32.2. The molecule has 0 aliphatic carbocycles. The monoisotopic (exact) mass is 514 g/mol. The maximum atomic E-state index is 13.5. The van der Waals surface area contributed by atoms with Crippen LogP contribution in [0.1, 0.15) is 42.8 Å². The summed E-state index contributed by atoms with van der Waals surface area (Å²) in [4.78, 5) is 24.9. The zero-order valence-corrected chi connectivity index (χ0v) is 19.9. The van der Waals surface area contributed by atoms with E-state index in [1.54, 1.807) is 44.2 Å². The molecule has 1 amide bonds. The molecule has 0 aliphatic heterocycles. The van der Waals surface area contributed by atoms with Crippen LogP contribution in [0, 0.1) is 6.92 Å². The first-order valence-electron chi connectivity index (χ1n) is 10.7. The average molecular weight is 515 g/mol. The summed E-state index contributed by atoms with van der Waals surface area (Å²) < 4.78 is 72.3. The van der Waals surface area contributed by atoms with Crippen LogP contribution >= 0.6 is 0 Å². The fourth-order valence-electron chi connectivity index (χ4n) is 3.97. The molecule has 9 nitrogen and oxygen atoms in total. The van der Waals surface area contributed by atoms with Crippen molar-refractivity contribution in [2.75, 3.05) is 12.3 Å². The van der Waals surface area contributed by atoms with E-state index in [4.69, 9.17) is 10.3 Å². The number of sulfonamides is 1. The van der Waals surface area contributed by atoms with Gasteiger partial charge >= 0.3 is 6.18 Å². The van der Waals surface area contributed by atoms with Crippen molar-refractivity contribution in [3.8, 4) is 0 Å². The lowest BCUT2D eigenvalue weighted by molar-refractivity contribution is -0.118. The Labute approximate surface area is 199 Å². The number of carbonyl (C=O) groups excluding carboxylic acids is 1. The van der Waals surface area contributed by atoms with Crippen LogP contribution in [-0.2, 0) is 21.4 Å². The Morgan fingerprint density at radius 1 is 1.26 bits per heavy atom. The summed E-state index contributed by atoms with van der Waals surface area (Å²) in [5.41, 5.74) is 5.86. The summed E-state index contributed by atoms with van der Waals surface area (Å²) >= 11 is 0. The van der Waals surface area contributed by atoms with Gasteiger partial charge in [0.15, 0.2) is 11.3 Å². The van der Waals surface area contributed by atoms with Crippen molar-refractivity contribution >= 4 is 26.9 Å². The van der Waals surface area contributed by atoms with Gasteiger partial charge < -0.3 is 14.8 Å². The first-order chi connectivity index (χ1) is 16.3. The molecule has 1 atom stereocenters. The second-order valence-electron chi connectivity index (χ2n) is 8.08. The first kappa shape index (κ1) is 26.4. The first-order valence-corrected chi connectivity index (χ1v) is 12.3. The van der Waals surface area contributed by atoms with Crippen molar-refractivity contribution in [1.29, 1.82) is 0 Å². The number of nitrogens with two attached hydrogens (primary N) is 1. The topological polar surface area (TPSA) is 128 Å². The largest absolute Gasteiger partial charge is 0.404 e. The molecule has 1 unspecified atom stereocenters. The molecule has 35 heavy (non-hydrogen) atoms. The third-order valence-corrected chi connectivity index (χ3v) is 7.32. The molecule has 2 N–H and O–H groups in total. The van der Waals surface area contributed by atoms with Crippen molar-refractivity contribution < 1.29 is 30.9 Å². The Kier molecular flexibility index (Phi) is 7.70. The lowest BCUT2D eigenvalue weighted by atomic mass is 10.1. The normalized spacial score (nSPS) is 13.4. The number of nitrogens with zero attached hydrogens (tertiary/aromatic N) is 3. The average Bonchev–Trinajstić information content (AvgIpc) is 3.12. The molecular weight excluding hydrogens is 489 g/mol. The van der Waals surface area contributed by atoms with Crippen LogP contribution in [0.25, 0.3) is 11.0 Å². The number of pyridine rings is 1. The molecule has 3 rings (SSSR count). The summed E-state index contributed by atoms with van der Waals surface area (Å²) in [7, 11) is -4.95. The number of hydrogen-bond donors (Lipinski definition) is 1. The van der Waals surface area contributed by atoms with Gasteiger partial charge in [-0.3, -0.25) is 9.59 Å². The summed E-state index contributed by atoms with van der Waals surface area (Å²) in [6.45, 7) is 2.58. The van der Waals surface area contributed by atoms with Crippen LogP contribution in [0.15, 0.2) is 45.7 Å². The van der Waals surface area contributed by atoms with E-state index >= 15 is 0 Å². The number of rotatable bonds is 10. The number of benzene rings is 1. The van der Waals surface area contributed by atoms with Gasteiger partial charge in [-0.1, -0.05) is 42.4 Å². The number of halogens is 3. The SMILES string of the molecule is CCC(c1cc2onc(C)c2c(=O)n1Cc1ccccc1)N(CCC(N)=O)S(=O)(=O)CC(F)(F)F. The van der Waals surface area contributed by atoms with Crippen molar-refractivity contribution in [3.05, 3.63) is 63.7 Å². The molecule has 13 heteroatoms. The number of primary amides is 1. The molecule has 1 aromatic carbocycles. The van der Waals surface area contributed by atoms with Crippen molar-refractivity contribution in [3.63, 3.8) is 0 Å². The third kappa shape index (κ3) is 6.09. The minimum Gasteiger partial charge on any atom is -0.370 e. The molecular formula is C22H25F3N4O5S. The molecule has 0 radical (unpaired) electrons. The summed E-state index contributed by atoms with van der Waals surface area (Å²) in [5.74, 6) is -3.00. The van der Waals surface area contributed by atoms with Gasteiger partial charge in [0.1, 0.15) is 5.39 Å². The van der Waals surface area contributed by atoms with Gasteiger partial charge in [0.05, 0.1) is 18.3 Å². The van der Waals surface area contributed by atoms with Crippen LogP contribution < -0.4 is 11.3 Å². The summed E-state index contributed by atoms with van der Waals surface area (Å²) in [6, 6.07) is 9.01. The number of fused-ring (bicyclic) bond motifs is 1. The molecule has 3 aromatic rings. The third-order valence-electron chi connectivity index (χ3n) is 5.48. The van der Waals surface area contributed by atoms with Gasteiger partial charge in [0.25, 0.3) is 5.56 Å². The highest BCUT2D eigenvalue weighted by molar-refractivity contribution is 7.89. The predicted octanol–water partition coefficient (Wildman–Crippen LogP) is 2.87. The fraction of sp³-hybridized carbons (Fsp3) is 0.409. The van der Waals surface area contributed by atoms with Crippen molar-refractivity contribution in [1.82, 2.24) is 14.0 Å². The second-order valence-corrected chi connectivity index (χ2v) is 10.00. The summed E-state index contributed by atoms with van der Waals surface area (Å²) in [5, 5.41) is 3.98. The Morgan fingerprint density at radius 3 is 2.49 bits per heavy atom. The minimum absolute atomic E-state index is 0.00268. The Balaban J connectivity index is 2.24. The Hall–Kier alpha value is -3.19. The van der Waals surface area contributed by atoms with E-state index in [9.17, 15) is 31.2 Å². The quantitative estimate of drug-likeness (QED) is 0.443. The molecule has 2 aromatic heterocycles. The van der Waals surface area contributed by atoms with Gasteiger partial charge in [-0.25, -0.2) is 8.42 Å². The highest BCUT2D eigenvalue weighted by Crippen LogP contribution is 2.32. The lowest BCUT2D eigenvalue weighted by Crippen LogP contribution is -2.43. The number of amides is 1. The van der Waals surface area contributed by atoms with E-state index in [0.717, 1.165) is 0 Å². The van der Waals surface area contributed by atoms with Gasteiger partial charge in [0.2, 0.25) is 15.9 Å². The van der Waals surface area contributed by atoms with Gasteiger partial charge in [-0.2, -0.15) is 17.5 Å². The Bertz CT molecular complexity index is 1370. The number of carbonyl (C=O) groups is 1. The van der Waals surface area contributed by atoms with E-state index < -0.39 is 52.4 Å². The molecule has 0 fully saturated rings. The lowest BCUT2D eigenvalue weighted by Gasteiger charge is -2.32. The van der Waals surface area contributed by atoms with Crippen LogP contribution in [0.4, 0.5) is 13.2 Å². The number of aromatic nitrogens is 2. The van der Waals surface area contributed by atoms with E-state index in [-0.39, 0.29) is 29.6 Å². The zero-order chi connectivity index (χ0) is 26.0. The standard InChI is InChI=1S/C22H25F3N4O5S/c1-3-16(29(10-9-19(26)30)35(32,33)13-22(23,24)25)17-11-18-20(14(2)27-34-18)21(31)28(17)12-15-7-5-4-6-8-15/h4-8,11,16H,3,9-10,12-13H2,1-2H3,(H2,26,30). The van der Waals surface area contributed by atoms with E-state index in [1.165, 1.54) is 10.6 Å². The minimum atomic E-state index is -5.02. The molecule has 2 heterocycles. The van der Waals surface area contributed by atoms with Crippen LogP contribution in [0.5, 0.6) is 0 Å². The molecule has 0 saturated heterocycles. The predicted molar refractivity (Wildman–Crippen MR) is 122 cm³/mol. The Morgan fingerprint density at radius 2 is 1.91 bits per heavy atom. The van der Waals surface area contributed by atoms with Crippen LogP contribution in [-0.4, -0.2) is 46.8 Å². The van der Waals surface area contributed by atoms with E-state index in [2.05, 4.69) is 5.16 Å². The summed E-state index contributed by atoms with van der Waals surface area (Å²) in [6.07, 6.45) is -5.51. The fourth-order valence-corrected chi connectivity index (χ4v) is 5.57. The molecule has 0 saturated carbocycles. The van der Waals surface area contributed by atoms with Gasteiger partial charge in [0, 0.05) is 24.7 Å². The molecule has 0 aliphatic rings. The number of hydrogen-bond acceptors (Lipinski definition) is 6. The van der Waals surface area contributed by atoms with Crippen molar-refractivity contribution in [2.24, 2.45) is 5.73 Å². The maximum Gasteiger partial charge on any atom is 0.404 e. The number of alkyl halides is 3. The van der Waals surface area contributed by atoms with Gasteiger partial charge in [-0.05, 0) is 18.9 Å². The van der Waals surface area contributed by atoms with Gasteiger partial charge in [-0.15, -0.1) is 0 Å². The van der Waals surface area contributed by atoms with E-state index in [1.807, 2.05) is 0 Å². The van der Waals surface area contributed by atoms with Crippen LogP contribution in [0.3, 0.4) is 0 Å². The van der Waals surface area contributed by atoms with E-state index in [0.29, 0.717) is 15.6 Å². The second kappa shape index (κ2) is 10.2. The van der Waals surface area contributed by atoms with Crippen LogP contribution in [0.2, 0.25) is 0 Å². The smallest absolute Gasteiger partial charge is 0.370 e. The highest BCUT2D eigenvalue weighted by Gasteiger charge is 2.41. The molecule has 0 bridgehead atoms. The maximum absolute atomic E-state index is 13.5. The van der Waals surface area contributed by atoms with Crippen molar-refractivity contribution in [2.45, 2.75) is 45.5 Å². The number of aryl methyl sites for hydroxylation is 1.